The number of hydrogen-bond acceptors (Lipinski definition) is 1. The van der Waals surface area contributed by atoms with Gasteiger partial charge in [0, 0.05) is 4.47 Å². The van der Waals surface area contributed by atoms with Crippen LogP contribution in [0, 0.1) is 6.92 Å². The molecule has 1 atom stereocenters. The monoisotopic (exact) mass is 358 g/mol. The summed E-state index contributed by atoms with van der Waals surface area (Å²) in [6.45, 7) is 2.00. The first kappa shape index (κ1) is 14.7. The minimum absolute atomic E-state index is 0.210. The number of ether oxygens (including phenoxy) is 1. The molecule has 100 valence electrons. The average Bonchev–Trinajstić information content (AvgIpc) is 2.41. The highest BCUT2D eigenvalue weighted by molar-refractivity contribution is 9.10. The fourth-order valence-electron chi connectivity index (χ4n) is 1.92. The van der Waals surface area contributed by atoms with Crippen molar-refractivity contribution in [3.8, 4) is 5.75 Å². The summed E-state index contributed by atoms with van der Waals surface area (Å²) in [5, 5.41) is 0.469. The van der Waals surface area contributed by atoms with Crippen molar-refractivity contribution in [2.45, 2.75) is 12.3 Å². The van der Waals surface area contributed by atoms with E-state index >= 15 is 0 Å². The van der Waals surface area contributed by atoms with Crippen LogP contribution in [0.3, 0.4) is 0 Å². The van der Waals surface area contributed by atoms with Crippen LogP contribution in [0.15, 0.2) is 40.9 Å². The molecule has 0 aliphatic heterocycles. The van der Waals surface area contributed by atoms with Gasteiger partial charge in [-0.05, 0) is 57.7 Å². The third-order valence-electron chi connectivity index (χ3n) is 2.95. The molecule has 4 heteroatoms. The van der Waals surface area contributed by atoms with Crippen molar-refractivity contribution in [2.75, 3.05) is 7.11 Å². The van der Waals surface area contributed by atoms with E-state index in [-0.39, 0.29) is 5.38 Å². The van der Waals surface area contributed by atoms with Crippen LogP contribution in [0.2, 0.25) is 5.02 Å². The number of methoxy groups -OCH3 is 1. The van der Waals surface area contributed by atoms with Gasteiger partial charge in [-0.1, -0.05) is 29.8 Å². The van der Waals surface area contributed by atoms with Crippen LogP contribution >= 0.6 is 39.1 Å². The van der Waals surface area contributed by atoms with E-state index < -0.39 is 0 Å². The molecule has 19 heavy (non-hydrogen) atoms. The van der Waals surface area contributed by atoms with E-state index in [1.54, 1.807) is 7.11 Å². The summed E-state index contributed by atoms with van der Waals surface area (Å²) in [5.41, 5.74) is 3.11. The fourth-order valence-corrected chi connectivity index (χ4v) is 2.71. The first-order chi connectivity index (χ1) is 9.02. The number of halogens is 3. The van der Waals surface area contributed by atoms with Crippen LogP contribution in [-0.4, -0.2) is 7.11 Å². The lowest BCUT2D eigenvalue weighted by atomic mass is 10.0. The molecule has 0 radical (unpaired) electrons. The van der Waals surface area contributed by atoms with Crippen LogP contribution in [0.1, 0.15) is 22.1 Å². The zero-order chi connectivity index (χ0) is 14.0. The standard InChI is InChI=1S/C15H13BrCl2O/c1-9-7-10(4-6-14(9)19-2)15(18)11-3-5-13(17)12(16)8-11/h3-8,15H,1-2H3. The topological polar surface area (TPSA) is 9.23 Å². The van der Waals surface area contributed by atoms with E-state index in [0.717, 1.165) is 26.9 Å². The number of benzene rings is 2. The van der Waals surface area contributed by atoms with E-state index in [9.17, 15) is 0 Å². The number of alkyl halides is 1. The largest absolute Gasteiger partial charge is 0.496 e. The van der Waals surface area contributed by atoms with Gasteiger partial charge < -0.3 is 4.74 Å². The predicted molar refractivity (Wildman–Crippen MR) is 84.6 cm³/mol. The van der Waals surface area contributed by atoms with Gasteiger partial charge in [-0.2, -0.15) is 0 Å². The summed E-state index contributed by atoms with van der Waals surface area (Å²) in [5.74, 6) is 0.866. The Morgan fingerprint density at radius 1 is 1.11 bits per heavy atom. The molecule has 0 aliphatic rings. The van der Waals surface area contributed by atoms with E-state index in [1.165, 1.54) is 0 Å². The first-order valence-electron chi connectivity index (χ1n) is 5.76. The molecule has 0 amide bonds. The van der Waals surface area contributed by atoms with Crippen molar-refractivity contribution in [2.24, 2.45) is 0 Å². The molecule has 0 spiro atoms. The average molecular weight is 360 g/mol. The molecule has 0 fully saturated rings. The van der Waals surface area contributed by atoms with Crippen LogP contribution in [0.25, 0.3) is 0 Å². The quantitative estimate of drug-likeness (QED) is 0.634. The zero-order valence-electron chi connectivity index (χ0n) is 10.6. The molecule has 0 saturated heterocycles. The summed E-state index contributed by atoms with van der Waals surface area (Å²) in [6, 6.07) is 11.7. The van der Waals surface area contributed by atoms with Gasteiger partial charge >= 0.3 is 0 Å². The molecule has 0 aliphatic carbocycles. The van der Waals surface area contributed by atoms with Gasteiger partial charge in [0.15, 0.2) is 0 Å². The maximum Gasteiger partial charge on any atom is 0.121 e. The van der Waals surface area contributed by atoms with E-state index in [4.69, 9.17) is 27.9 Å². The molecule has 2 aromatic carbocycles. The molecule has 0 bridgehead atoms. The highest BCUT2D eigenvalue weighted by Gasteiger charge is 2.13. The lowest BCUT2D eigenvalue weighted by Crippen LogP contribution is -1.95. The lowest BCUT2D eigenvalue weighted by Gasteiger charge is -2.13. The van der Waals surface area contributed by atoms with Crippen molar-refractivity contribution in [3.63, 3.8) is 0 Å². The molecule has 2 aromatic rings. The van der Waals surface area contributed by atoms with Crippen LogP contribution < -0.4 is 4.74 Å². The van der Waals surface area contributed by atoms with Gasteiger partial charge in [-0.15, -0.1) is 11.6 Å². The molecule has 0 N–H and O–H groups in total. The van der Waals surface area contributed by atoms with Gasteiger partial charge in [-0.25, -0.2) is 0 Å². The lowest BCUT2D eigenvalue weighted by molar-refractivity contribution is 0.411. The molecule has 0 heterocycles. The first-order valence-corrected chi connectivity index (χ1v) is 7.37. The second-order valence-electron chi connectivity index (χ2n) is 4.27. The smallest absolute Gasteiger partial charge is 0.121 e. The highest BCUT2D eigenvalue weighted by Crippen LogP contribution is 2.34. The van der Waals surface area contributed by atoms with Gasteiger partial charge in [0.2, 0.25) is 0 Å². The molecule has 0 aromatic heterocycles. The Kier molecular flexibility index (Phi) is 4.77. The highest BCUT2D eigenvalue weighted by atomic mass is 79.9. The van der Waals surface area contributed by atoms with Crippen LogP contribution in [-0.2, 0) is 0 Å². The molecular weight excluding hydrogens is 347 g/mol. The number of aryl methyl sites for hydroxylation is 1. The summed E-state index contributed by atoms with van der Waals surface area (Å²) >= 11 is 15.9. The number of rotatable bonds is 3. The third kappa shape index (κ3) is 3.25. The van der Waals surface area contributed by atoms with Crippen molar-refractivity contribution in [3.05, 3.63) is 62.6 Å². The van der Waals surface area contributed by atoms with Crippen molar-refractivity contribution >= 4 is 39.1 Å². The minimum atomic E-state index is -0.210. The summed E-state index contributed by atoms with van der Waals surface area (Å²) in [6.07, 6.45) is 0. The van der Waals surface area contributed by atoms with E-state index in [2.05, 4.69) is 15.9 Å². The summed E-state index contributed by atoms with van der Waals surface area (Å²) < 4.78 is 6.10. The molecule has 1 unspecified atom stereocenters. The SMILES string of the molecule is COc1ccc(C(Cl)c2ccc(Cl)c(Br)c2)cc1C. The molecule has 1 nitrogen and oxygen atoms in total. The normalized spacial score (nSPS) is 12.3. The Bertz CT molecular complexity index is 599. The van der Waals surface area contributed by atoms with Crippen LogP contribution in [0.4, 0.5) is 0 Å². The minimum Gasteiger partial charge on any atom is -0.496 e. The van der Waals surface area contributed by atoms with Crippen molar-refractivity contribution in [1.29, 1.82) is 0 Å². The van der Waals surface area contributed by atoms with Gasteiger partial charge in [0.05, 0.1) is 17.5 Å². The zero-order valence-corrected chi connectivity index (χ0v) is 13.7. The van der Waals surface area contributed by atoms with Gasteiger partial charge in [-0.3, -0.25) is 0 Å². The molecule has 0 saturated carbocycles. The van der Waals surface area contributed by atoms with Crippen molar-refractivity contribution < 1.29 is 4.74 Å². The summed E-state index contributed by atoms with van der Waals surface area (Å²) in [4.78, 5) is 0. The fraction of sp³-hybridized carbons (Fsp3) is 0.200. The van der Waals surface area contributed by atoms with Crippen molar-refractivity contribution in [1.82, 2.24) is 0 Å². The second-order valence-corrected chi connectivity index (χ2v) is 5.96. The maximum atomic E-state index is 6.52. The molecular formula is C15H13BrCl2O. The predicted octanol–water partition coefficient (Wildman–Crippen LogP) is 5.75. The third-order valence-corrected chi connectivity index (χ3v) is 4.67. The Balaban J connectivity index is 2.35. The van der Waals surface area contributed by atoms with E-state index in [0.29, 0.717) is 5.02 Å². The van der Waals surface area contributed by atoms with Gasteiger partial charge in [0.1, 0.15) is 5.75 Å². The Labute approximate surface area is 131 Å². The second kappa shape index (κ2) is 6.17. The summed E-state index contributed by atoms with van der Waals surface area (Å²) in [7, 11) is 1.66. The Morgan fingerprint density at radius 3 is 2.32 bits per heavy atom. The Morgan fingerprint density at radius 2 is 1.74 bits per heavy atom. The van der Waals surface area contributed by atoms with Gasteiger partial charge in [0.25, 0.3) is 0 Å². The van der Waals surface area contributed by atoms with Crippen LogP contribution in [0.5, 0.6) is 5.75 Å². The Hall–Kier alpha value is -0.700. The molecule has 2 rings (SSSR count). The number of hydrogen-bond donors (Lipinski definition) is 0. The van der Waals surface area contributed by atoms with E-state index in [1.807, 2.05) is 43.3 Å². The maximum absolute atomic E-state index is 6.52.